The number of piperidine rings is 1. The van der Waals surface area contributed by atoms with E-state index in [4.69, 9.17) is 14.7 Å². The minimum atomic E-state index is 0.138. The summed E-state index contributed by atoms with van der Waals surface area (Å²) in [7, 11) is 0. The van der Waals surface area contributed by atoms with E-state index in [9.17, 15) is 0 Å². The summed E-state index contributed by atoms with van der Waals surface area (Å²) in [5, 5.41) is 3.55. The van der Waals surface area contributed by atoms with Crippen LogP contribution in [0.25, 0.3) is 44.8 Å². The van der Waals surface area contributed by atoms with Crippen molar-refractivity contribution in [2.75, 3.05) is 19.7 Å². The predicted molar refractivity (Wildman–Crippen MR) is 186 cm³/mol. The number of imidazole rings is 2. The largest absolute Gasteiger partial charge is 0.491 e. The molecule has 1 aliphatic rings. The van der Waals surface area contributed by atoms with Crippen molar-refractivity contribution in [3.8, 4) is 28.5 Å². The summed E-state index contributed by atoms with van der Waals surface area (Å²) in [5.41, 5.74) is 7.75. The Morgan fingerprint density at radius 2 is 1.22 bits per heavy atom. The van der Waals surface area contributed by atoms with Crippen molar-refractivity contribution < 1.29 is 4.74 Å². The van der Waals surface area contributed by atoms with Crippen LogP contribution in [0.2, 0.25) is 0 Å². The van der Waals surface area contributed by atoms with Crippen molar-refractivity contribution in [2.45, 2.75) is 25.4 Å². The van der Waals surface area contributed by atoms with E-state index in [-0.39, 0.29) is 6.04 Å². The number of para-hydroxylation sites is 4. The van der Waals surface area contributed by atoms with E-state index in [1.807, 2.05) is 6.07 Å². The van der Waals surface area contributed by atoms with Crippen LogP contribution in [-0.4, -0.2) is 38.8 Å². The second-order valence-corrected chi connectivity index (χ2v) is 12.1. The molecule has 46 heavy (non-hydrogen) atoms. The molecule has 0 saturated carbocycles. The van der Waals surface area contributed by atoms with Crippen LogP contribution in [-0.2, 0) is 6.54 Å². The van der Waals surface area contributed by atoms with Crippen LogP contribution in [0.4, 0.5) is 0 Å². The third kappa shape index (κ3) is 5.57. The molecule has 1 saturated heterocycles. The van der Waals surface area contributed by atoms with Gasteiger partial charge in [-0.15, -0.1) is 0 Å². The van der Waals surface area contributed by atoms with Crippen molar-refractivity contribution in [1.82, 2.24) is 24.4 Å². The van der Waals surface area contributed by atoms with Crippen LogP contribution in [0.3, 0.4) is 0 Å². The quantitative estimate of drug-likeness (QED) is 0.180. The van der Waals surface area contributed by atoms with Gasteiger partial charge >= 0.3 is 0 Å². The molecule has 0 unspecified atom stereocenters. The first-order valence-corrected chi connectivity index (χ1v) is 16.3. The van der Waals surface area contributed by atoms with Gasteiger partial charge in [0.1, 0.15) is 24.0 Å². The maximum atomic E-state index is 6.66. The number of rotatable bonds is 9. The zero-order valence-corrected chi connectivity index (χ0v) is 25.8. The summed E-state index contributed by atoms with van der Waals surface area (Å²) in [6.07, 6.45) is 2.21. The lowest BCUT2D eigenvalue weighted by Gasteiger charge is -2.33. The fourth-order valence-electron chi connectivity index (χ4n) is 6.93. The van der Waals surface area contributed by atoms with Gasteiger partial charge in [-0.1, -0.05) is 84.9 Å². The lowest BCUT2D eigenvalue weighted by atomic mass is 9.90. The topological polar surface area (TPSA) is 56.9 Å². The van der Waals surface area contributed by atoms with E-state index in [1.165, 1.54) is 5.56 Å². The van der Waals surface area contributed by atoms with Gasteiger partial charge in [0.2, 0.25) is 0 Å². The van der Waals surface area contributed by atoms with Gasteiger partial charge in [-0.3, -0.25) is 0 Å². The first-order chi connectivity index (χ1) is 22.8. The molecular weight excluding hydrogens is 566 g/mol. The summed E-state index contributed by atoms with van der Waals surface area (Å²) < 4.78 is 11.4. The van der Waals surface area contributed by atoms with Crippen LogP contribution >= 0.6 is 0 Å². The van der Waals surface area contributed by atoms with Gasteiger partial charge in [0.05, 0.1) is 28.1 Å². The average molecular weight is 604 g/mol. The molecule has 6 heteroatoms. The molecule has 8 rings (SSSR count). The first-order valence-electron chi connectivity index (χ1n) is 16.3. The van der Waals surface area contributed by atoms with Crippen molar-refractivity contribution in [3.05, 3.63) is 139 Å². The molecular formula is C40H37N5O. The summed E-state index contributed by atoms with van der Waals surface area (Å²) in [6.45, 7) is 3.37. The number of ether oxygens (including phenoxy) is 1. The van der Waals surface area contributed by atoms with Crippen molar-refractivity contribution in [1.29, 1.82) is 0 Å². The minimum Gasteiger partial charge on any atom is -0.491 e. The maximum Gasteiger partial charge on any atom is 0.141 e. The molecule has 3 heterocycles. The molecule has 1 fully saturated rings. The lowest BCUT2D eigenvalue weighted by Crippen LogP contribution is -2.35. The Kier molecular flexibility index (Phi) is 7.78. The maximum absolute atomic E-state index is 6.66. The number of hydrogen-bond donors (Lipinski definition) is 1. The fourth-order valence-corrected chi connectivity index (χ4v) is 6.93. The third-order valence-corrected chi connectivity index (χ3v) is 9.26. The van der Waals surface area contributed by atoms with Gasteiger partial charge in [0.15, 0.2) is 0 Å². The number of aromatic nitrogens is 4. The van der Waals surface area contributed by atoms with E-state index in [0.717, 1.165) is 83.1 Å². The Morgan fingerprint density at radius 1 is 0.630 bits per heavy atom. The fraction of sp³-hybridized carbons (Fsp3) is 0.200. The van der Waals surface area contributed by atoms with Crippen molar-refractivity contribution in [3.63, 3.8) is 0 Å². The summed E-state index contributed by atoms with van der Waals surface area (Å²) in [4.78, 5) is 10.2. The molecule has 5 aromatic carbocycles. The Balaban J connectivity index is 1.11. The molecule has 0 bridgehead atoms. The molecule has 1 N–H and O–H groups in total. The van der Waals surface area contributed by atoms with Crippen LogP contribution in [0.5, 0.6) is 5.75 Å². The number of fused-ring (bicyclic) bond motifs is 2. The van der Waals surface area contributed by atoms with Gasteiger partial charge < -0.3 is 19.2 Å². The summed E-state index contributed by atoms with van der Waals surface area (Å²) in [5.74, 6) is 3.29. The van der Waals surface area contributed by atoms with Crippen LogP contribution < -0.4 is 10.1 Å². The Bertz CT molecular complexity index is 2060. The van der Waals surface area contributed by atoms with Gasteiger partial charge in [0, 0.05) is 17.7 Å². The Labute approximate surface area is 269 Å². The van der Waals surface area contributed by atoms with E-state index >= 15 is 0 Å². The van der Waals surface area contributed by atoms with Crippen LogP contribution in [0.15, 0.2) is 133 Å². The van der Waals surface area contributed by atoms with Crippen LogP contribution in [0.1, 0.15) is 24.4 Å². The monoisotopic (exact) mass is 603 g/mol. The third-order valence-electron chi connectivity index (χ3n) is 9.26. The molecule has 1 aliphatic heterocycles. The second kappa shape index (κ2) is 12.7. The lowest BCUT2D eigenvalue weighted by molar-refractivity contribution is 0.175. The van der Waals surface area contributed by atoms with Crippen molar-refractivity contribution in [2.24, 2.45) is 5.92 Å². The average Bonchev–Trinajstić information content (AvgIpc) is 3.69. The highest BCUT2D eigenvalue weighted by Gasteiger charge is 2.30. The smallest absolute Gasteiger partial charge is 0.141 e. The molecule has 1 atom stereocenters. The minimum absolute atomic E-state index is 0.138. The first kappa shape index (κ1) is 28.3. The Hall–Kier alpha value is -5.20. The molecule has 0 aliphatic carbocycles. The number of nitrogens with one attached hydrogen (secondary N) is 1. The molecule has 7 aromatic rings. The second-order valence-electron chi connectivity index (χ2n) is 12.1. The van der Waals surface area contributed by atoms with E-state index in [2.05, 4.69) is 142 Å². The van der Waals surface area contributed by atoms with Gasteiger partial charge in [-0.05, 0) is 85.9 Å². The standard InChI is InChI=1S/C40H37N5O/c1-3-11-29(12-4-1)27-44-36-17-9-7-15-34(36)42-39(44)32-19-21-33(22-20-32)46-28-38(30-23-25-41-26-24-30)45-37-18-10-8-16-35(37)43-40(45)31-13-5-2-6-14-31/h1-22,30,38,41H,23-28H2/t38-/m1/s1. The van der Waals surface area contributed by atoms with E-state index in [1.54, 1.807) is 0 Å². The van der Waals surface area contributed by atoms with Gasteiger partial charge in [0.25, 0.3) is 0 Å². The highest BCUT2D eigenvalue weighted by molar-refractivity contribution is 5.82. The molecule has 228 valence electrons. The molecule has 2 aromatic heterocycles. The van der Waals surface area contributed by atoms with E-state index in [0.29, 0.717) is 12.5 Å². The summed E-state index contributed by atoms with van der Waals surface area (Å²) >= 11 is 0. The zero-order chi connectivity index (χ0) is 30.7. The molecule has 6 nitrogen and oxygen atoms in total. The number of hydrogen-bond acceptors (Lipinski definition) is 4. The van der Waals surface area contributed by atoms with Gasteiger partial charge in [-0.25, -0.2) is 9.97 Å². The van der Waals surface area contributed by atoms with Crippen LogP contribution in [0, 0.1) is 5.92 Å². The highest BCUT2D eigenvalue weighted by Crippen LogP contribution is 2.36. The number of benzene rings is 5. The zero-order valence-electron chi connectivity index (χ0n) is 25.8. The predicted octanol–water partition coefficient (Wildman–Crippen LogP) is 8.39. The Morgan fingerprint density at radius 3 is 1.96 bits per heavy atom. The normalized spacial score (nSPS) is 14.5. The number of nitrogens with zero attached hydrogens (tertiary/aromatic N) is 4. The molecule has 0 amide bonds. The van der Waals surface area contributed by atoms with E-state index < -0.39 is 0 Å². The molecule has 0 radical (unpaired) electrons. The van der Waals surface area contributed by atoms with Gasteiger partial charge in [-0.2, -0.15) is 0 Å². The summed E-state index contributed by atoms with van der Waals surface area (Å²) in [6, 6.07) is 46.6. The highest BCUT2D eigenvalue weighted by atomic mass is 16.5. The SMILES string of the molecule is c1ccc(Cn2c(-c3ccc(OC[C@H](C4CCNCC4)n4c(-c5ccccc5)nc5ccccc54)cc3)nc3ccccc32)cc1. The van der Waals surface area contributed by atoms with Crippen molar-refractivity contribution >= 4 is 22.1 Å². The molecule has 0 spiro atoms.